The lowest BCUT2D eigenvalue weighted by Crippen LogP contribution is -2.39. The first-order chi connectivity index (χ1) is 7.90. The van der Waals surface area contributed by atoms with E-state index < -0.39 is 0 Å². The smallest absolute Gasteiger partial charge is 0.105 e. The Balaban J connectivity index is 2.07. The first-order valence-electron chi connectivity index (χ1n) is 6.73. The van der Waals surface area contributed by atoms with Gasteiger partial charge in [0.25, 0.3) is 0 Å². The maximum atomic E-state index is 5.61. The molecule has 1 aliphatic rings. The lowest BCUT2D eigenvalue weighted by Gasteiger charge is -2.30. The van der Waals surface area contributed by atoms with E-state index in [1.807, 2.05) is 6.92 Å². The zero-order valence-electron chi connectivity index (χ0n) is 11.8. The number of furan rings is 1. The van der Waals surface area contributed by atoms with Gasteiger partial charge in [0.1, 0.15) is 11.5 Å². The van der Waals surface area contributed by atoms with E-state index in [1.165, 1.54) is 24.8 Å². The maximum Gasteiger partial charge on any atom is 0.105 e. The molecule has 0 saturated heterocycles. The van der Waals surface area contributed by atoms with E-state index in [0.717, 1.165) is 11.5 Å². The Morgan fingerprint density at radius 3 is 2.59 bits per heavy atom. The molecule has 1 N–H and O–H groups in total. The molecule has 0 amide bonds. The van der Waals surface area contributed by atoms with Crippen LogP contribution in [0.4, 0.5) is 0 Å². The van der Waals surface area contributed by atoms with Crippen LogP contribution in [0.2, 0.25) is 0 Å². The van der Waals surface area contributed by atoms with Crippen LogP contribution in [0.5, 0.6) is 0 Å². The van der Waals surface area contributed by atoms with Gasteiger partial charge in [-0.2, -0.15) is 0 Å². The average molecular weight is 235 g/mol. The molecule has 1 fully saturated rings. The molecule has 0 radical (unpaired) electrons. The molecule has 2 rings (SSSR count). The second kappa shape index (κ2) is 4.49. The number of nitrogens with one attached hydrogen (secondary N) is 1. The topological polar surface area (TPSA) is 25.2 Å². The van der Waals surface area contributed by atoms with Crippen molar-refractivity contribution in [3.8, 4) is 0 Å². The second-order valence-electron chi connectivity index (χ2n) is 6.19. The first-order valence-corrected chi connectivity index (χ1v) is 6.73. The normalized spacial score (nSPS) is 25.1. The van der Waals surface area contributed by atoms with Gasteiger partial charge in [-0.1, -0.05) is 20.3 Å². The molecule has 2 atom stereocenters. The zero-order valence-corrected chi connectivity index (χ0v) is 11.8. The van der Waals surface area contributed by atoms with Crippen LogP contribution < -0.4 is 5.32 Å². The molecule has 1 aromatic rings. The second-order valence-corrected chi connectivity index (χ2v) is 6.19. The van der Waals surface area contributed by atoms with Crippen LogP contribution in [-0.4, -0.2) is 6.04 Å². The van der Waals surface area contributed by atoms with E-state index in [9.17, 15) is 0 Å². The van der Waals surface area contributed by atoms with E-state index in [-0.39, 0.29) is 0 Å². The van der Waals surface area contributed by atoms with Gasteiger partial charge in [0.2, 0.25) is 0 Å². The summed E-state index contributed by atoms with van der Waals surface area (Å²) in [6.45, 7) is 11.1. The third-order valence-corrected chi connectivity index (χ3v) is 4.25. The molecule has 1 heterocycles. The summed E-state index contributed by atoms with van der Waals surface area (Å²) in [6.07, 6.45) is 3.98. The molecule has 1 saturated carbocycles. The van der Waals surface area contributed by atoms with Crippen molar-refractivity contribution in [2.24, 2.45) is 5.41 Å². The Bertz CT molecular complexity index is 392. The predicted molar refractivity (Wildman–Crippen MR) is 71.2 cm³/mol. The van der Waals surface area contributed by atoms with E-state index in [4.69, 9.17) is 4.42 Å². The van der Waals surface area contributed by atoms with Crippen molar-refractivity contribution >= 4 is 0 Å². The Morgan fingerprint density at radius 1 is 1.41 bits per heavy atom. The van der Waals surface area contributed by atoms with Crippen molar-refractivity contribution < 1.29 is 4.42 Å². The Hall–Kier alpha value is -0.760. The highest BCUT2D eigenvalue weighted by atomic mass is 16.3. The van der Waals surface area contributed by atoms with Crippen LogP contribution in [0.25, 0.3) is 0 Å². The maximum absolute atomic E-state index is 5.61. The summed E-state index contributed by atoms with van der Waals surface area (Å²) in [5, 5.41) is 3.78. The van der Waals surface area contributed by atoms with Gasteiger partial charge >= 0.3 is 0 Å². The van der Waals surface area contributed by atoms with Crippen molar-refractivity contribution in [1.82, 2.24) is 5.32 Å². The molecular formula is C15H25NO. The van der Waals surface area contributed by atoms with Crippen LogP contribution in [-0.2, 0) is 0 Å². The van der Waals surface area contributed by atoms with Crippen LogP contribution in [0.15, 0.2) is 10.5 Å². The average Bonchev–Trinajstić information content (AvgIpc) is 2.70. The molecule has 0 aliphatic heterocycles. The highest BCUT2D eigenvalue weighted by Gasteiger charge is 2.35. The third kappa shape index (κ3) is 2.57. The molecule has 2 unspecified atom stereocenters. The monoisotopic (exact) mass is 235 g/mol. The van der Waals surface area contributed by atoms with Gasteiger partial charge in [0.15, 0.2) is 0 Å². The molecular weight excluding hydrogens is 210 g/mol. The highest BCUT2D eigenvalue weighted by molar-refractivity contribution is 5.23. The van der Waals surface area contributed by atoms with E-state index in [2.05, 4.69) is 39.1 Å². The predicted octanol–water partition coefficient (Wildman–Crippen LogP) is 4.13. The minimum absolute atomic E-state index is 0.384. The van der Waals surface area contributed by atoms with Crippen molar-refractivity contribution in [2.45, 2.75) is 66.0 Å². The van der Waals surface area contributed by atoms with Gasteiger partial charge < -0.3 is 9.73 Å². The van der Waals surface area contributed by atoms with Crippen LogP contribution in [0, 0.1) is 19.3 Å². The summed E-state index contributed by atoms with van der Waals surface area (Å²) in [5.41, 5.74) is 1.74. The quantitative estimate of drug-likeness (QED) is 0.852. The van der Waals surface area contributed by atoms with Gasteiger partial charge in [-0.25, -0.2) is 0 Å². The molecule has 0 bridgehead atoms. The Morgan fingerprint density at radius 2 is 2.12 bits per heavy atom. The molecule has 0 aromatic carbocycles. The SMILES string of the molecule is Cc1cc(C(C)NC2CCCC2(C)C)c(C)o1. The lowest BCUT2D eigenvalue weighted by atomic mass is 9.86. The molecule has 1 aromatic heterocycles. The molecule has 96 valence electrons. The number of aryl methyl sites for hydroxylation is 2. The minimum atomic E-state index is 0.384. The number of hydrogen-bond donors (Lipinski definition) is 1. The Labute approximate surface area is 105 Å². The van der Waals surface area contributed by atoms with Crippen molar-refractivity contribution in [3.63, 3.8) is 0 Å². The summed E-state index contributed by atoms with van der Waals surface area (Å²) in [5.74, 6) is 2.06. The van der Waals surface area contributed by atoms with Gasteiger partial charge in [0, 0.05) is 17.6 Å². The fraction of sp³-hybridized carbons (Fsp3) is 0.733. The van der Waals surface area contributed by atoms with Crippen LogP contribution >= 0.6 is 0 Å². The van der Waals surface area contributed by atoms with Crippen molar-refractivity contribution in [2.75, 3.05) is 0 Å². The van der Waals surface area contributed by atoms with Gasteiger partial charge in [-0.3, -0.25) is 0 Å². The van der Waals surface area contributed by atoms with E-state index in [1.54, 1.807) is 0 Å². The van der Waals surface area contributed by atoms with Gasteiger partial charge in [-0.05, 0) is 45.1 Å². The Kier molecular flexibility index (Phi) is 3.35. The highest BCUT2D eigenvalue weighted by Crippen LogP contribution is 2.38. The molecule has 2 nitrogen and oxygen atoms in total. The first kappa shape index (κ1) is 12.7. The fourth-order valence-electron chi connectivity index (χ4n) is 3.11. The number of hydrogen-bond acceptors (Lipinski definition) is 2. The largest absolute Gasteiger partial charge is 0.466 e. The summed E-state index contributed by atoms with van der Waals surface area (Å²) in [6, 6.07) is 3.18. The van der Waals surface area contributed by atoms with Gasteiger partial charge in [0.05, 0.1) is 0 Å². The fourth-order valence-corrected chi connectivity index (χ4v) is 3.11. The molecule has 17 heavy (non-hydrogen) atoms. The third-order valence-electron chi connectivity index (χ3n) is 4.25. The molecule has 1 aliphatic carbocycles. The number of rotatable bonds is 3. The van der Waals surface area contributed by atoms with Crippen LogP contribution in [0.3, 0.4) is 0 Å². The summed E-state index contributed by atoms with van der Waals surface area (Å²) >= 11 is 0. The van der Waals surface area contributed by atoms with Gasteiger partial charge in [-0.15, -0.1) is 0 Å². The minimum Gasteiger partial charge on any atom is -0.466 e. The summed E-state index contributed by atoms with van der Waals surface area (Å²) in [4.78, 5) is 0. The zero-order chi connectivity index (χ0) is 12.6. The van der Waals surface area contributed by atoms with Crippen molar-refractivity contribution in [1.29, 1.82) is 0 Å². The van der Waals surface area contributed by atoms with E-state index >= 15 is 0 Å². The molecule has 2 heteroatoms. The van der Waals surface area contributed by atoms with Crippen LogP contribution in [0.1, 0.15) is 63.2 Å². The van der Waals surface area contributed by atoms with E-state index in [0.29, 0.717) is 17.5 Å². The standard InChI is InChI=1S/C15H25NO/c1-10-9-13(12(3)17-10)11(2)16-14-7-6-8-15(14,4)5/h9,11,14,16H,6-8H2,1-5H3. The van der Waals surface area contributed by atoms with Crippen molar-refractivity contribution in [3.05, 3.63) is 23.2 Å². The summed E-state index contributed by atoms with van der Waals surface area (Å²) in [7, 11) is 0. The molecule has 0 spiro atoms. The summed E-state index contributed by atoms with van der Waals surface area (Å²) < 4.78 is 5.61. The lowest BCUT2D eigenvalue weighted by molar-refractivity contribution is 0.265.